The second-order valence-electron chi connectivity index (χ2n) is 7.13. The number of hydrogen-bond acceptors (Lipinski definition) is 6. The summed E-state index contributed by atoms with van der Waals surface area (Å²) in [5, 5.41) is 19.5. The molecule has 0 spiro atoms. The van der Waals surface area contributed by atoms with Crippen molar-refractivity contribution in [2.24, 2.45) is 5.10 Å². The van der Waals surface area contributed by atoms with Crippen molar-refractivity contribution in [2.45, 2.75) is 6.54 Å². The molecule has 1 amide bonds. The highest BCUT2D eigenvalue weighted by molar-refractivity contribution is 9.10. The lowest BCUT2D eigenvalue weighted by atomic mass is 10.2. The van der Waals surface area contributed by atoms with Gasteiger partial charge in [0.2, 0.25) is 5.69 Å². The van der Waals surface area contributed by atoms with E-state index in [9.17, 15) is 14.9 Å². The number of nitrogens with zero attached hydrogens (tertiary/aromatic N) is 4. The SMILES string of the molecule is O=C(N/N=C/c1cccc(Oc2ccccc2)c1)c1nn(Cc2cccc(Br)c2)cc1[N+](=O)[O-]. The average Bonchev–Trinajstić information content (AvgIpc) is 3.24. The minimum Gasteiger partial charge on any atom is -0.457 e. The van der Waals surface area contributed by atoms with E-state index in [-0.39, 0.29) is 12.2 Å². The first-order valence-corrected chi connectivity index (χ1v) is 10.9. The van der Waals surface area contributed by atoms with Crippen LogP contribution in [0.5, 0.6) is 11.5 Å². The molecular weight excluding hydrogens is 502 g/mol. The molecule has 0 aliphatic heterocycles. The molecule has 1 N–H and O–H groups in total. The first kappa shape index (κ1) is 22.9. The summed E-state index contributed by atoms with van der Waals surface area (Å²) in [6.07, 6.45) is 2.64. The summed E-state index contributed by atoms with van der Waals surface area (Å²) in [4.78, 5) is 23.3. The first-order valence-electron chi connectivity index (χ1n) is 10.1. The number of halogens is 1. The van der Waals surface area contributed by atoms with Gasteiger partial charge in [-0.05, 0) is 47.5 Å². The summed E-state index contributed by atoms with van der Waals surface area (Å²) in [6.45, 7) is 0.269. The summed E-state index contributed by atoms with van der Waals surface area (Å²) < 4.78 is 8.00. The highest BCUT2D eigenvalue weighted by Crippen LogP contribution is 2.21. The normalized spacial score (nSPS) is 10.9. The van der Waals surface area contributed by atoms with Gasteiger partial charge in [0.15, 0.2) is 0 Å². The third-order valence-electron chi connectivity index (χ3n) is 4.60. The van der Waals surface area contributed by atoms with Gasteiger partial charge in [-0.3, -0.25) is 19.6 Å². The summed E-state index contributed by atoms with van der Waals surface area (Å²) in [6, 6.07) is 23.9. The molecule has 3 aromatic carbocycles. The van der Waals surface area contributed by atoms with Gasteiger partial charge in [-0.25, -0.2) is 5.43 Å². The fourth-order valence-electron chi connectivity index (χ4n) is 3.11. The molecule has 1 heterocycles. The fraction of sp³-hybridized carbons (Fsp3) is 0.0417. The number of nitrogens with one attached hydrogen (secondary N) is 1. The van der Waals surface area contributed by atoms with Gasteiger partial charge in [0.05, 0.1) is 17.7 Å². The summed E-state index contributed by atoms with van der Waals surface area (Å²) >= 11 is 3.38. The van der Waals surface area contributed by atoms with Gasteiger partial charge in [0.1, 0.15) is 17.7 Å². The number of ether oxygens (including phenoxy) is 1. The number of hydrogen-bond donors (Lipinski definition) is 1. The predicted octanol–water partition coefficient (Wildman–Crippen LogP) is 5.16. The monoisotopic (exact) mass is 519 g/mol. The van der Waals surface area contributed by atoms with E-state index in [0.717, 1.165) is 10.0 Å². The number of rotatable bonds is 8. The topological polar surface area (TPSA) is 112 Å². The summed E-state index contributed by atoms with van der Waals surface area (Å²) in [7, 11) is 0. The molecule has 0 bridgehead atoms. The minimum absolute atomic E-state index is 0.269. The molecule has 10 heteroatoms. The molecule has 0 unspecified atom stereocenters. The van der Waals surface area contributed by atoms with E-state index in [1.54, 1.807) is 24.3 Å². The quantitative estimate of drug-likeness (QED) is 0.196. The lowest BCUT2D eigenvalue weighted by Gasteiger charge is -2.05. The van der Waals surface area contributed by atoms with E-state index in [1.165, 1.54) is 17.1 Å². The van der Waals surface area contributed by atoms with Gasteiger partial charge < -0.3 is 4.74 Å². The highest BCUT2D eigenvalue weighted by Gasteiger charge is 2.25. The Kier molecular flexibility index (Phi) is 7.09. The van der Waals surface area contributed by atoms with Crippen molar-refractivity contribution in [3.8, 4) is 11.5 Å². The Morgan fingerprint density at radius 1 is 1.09 bits per heavy atom. The highest BCUT2D eigenvalue weighted by atomic mass is 79.9. The largest absolute Gasteiger partial charge is 0.457 e. The summed E-state index contributed by atoms with van der Waals surface area (Å²) in [5.74, 6) is 0.506. The van der Waals surface area contributed by atoms with Crippen molar-refractivity contribution in [1.82, 2.24) is 15.2 Å². The van der Waals surface area contributed by atoms with Crippen LogP contribution in [0.4, 0.5) is 5.69 Å². The lowest BCUT2D eigenvalue weighted by molar-refractivity contribution is -0.385. The van der Waals surface area contributed by atoms with Crippen LogP contribution >= 0.6 is 15.9 Å². The number of carbonyl (C=O) groups is 1. The van der Waals surface area contributed by atoms with Gasteiger partial charge in [-0.2, -0.15) is 10.2 Å². The maximum Gasteiger partial charge on any atom is 0.320 e. The maximum absolute atomic E-state index is 12.6. The zero-order valence-electron chi connectivity index (χ0n) is 17.7. The Bertz CT molecular complexity index is 1350. The maximum atomic E-state index is 12.6. The van der Waals surface area contributed by atoms with Crippen LogP contribution in [0.15, 0.2) is 94.6 Å². The molecule has 0 aliphatic carbocycles. The van der Waals surface area contributed by atoms with Crippen molar-refractivity contribution in [1.29, 1.82) is 0 Å². The third kappa shape index (κ3) is 5.93. The van der Waals surface area contributed by atoms with E-state index in [1.807, 2.05) is 54.6 Å². The molecule has 0 radical (unpaired) electrons. The number of benzene rings is 3. The van der Waals surface area contributed by atoms with Gasteiger partial charge in [0.25, 0.3) is 5.91 Å². The molecule has 34 heavy (non-hydrogen) atoms. The van der Waals surface area contributed by atoms with Gasteiger partial charge >= 0.3 is 5.69 Å². The number of carbonyl (C=O) groups excluding carboxylic acids is 1. The number of aromatic nitrogens is 2. The molecule has 170 valence electrons. The van der Waals surface area contributed by atoms with Crippen LogP contribution in [-0.4, -0.2) is 26.8 Å². The zero-order chi connectivity index (χ0) is 23.9. The van der Waals surface area contributed by atoms with Gasteiger partial charge in [0, 0.05) is 4.47 Å². The van der Waals surface area contributed by atoms with Crippen molar-refractivity contribution in [3.05, 3.63) is 116 Å². The lowest BCUT2D eigenvalue weighted by Crippen LogP contribution is -2.19. The van der Waals surface area contributed by atoms with Crippen LogP contribution in [0.2, 0.25) is 0 Å². The smallest absolute Gasteiger partial charge is 0.320 e. The number of amides is 1. The van der Waals surface area contributed by atoms with E-state index in [4.69, 9.17) is 4.74 Å². The van der Waals surface area contributed by atoms with Crippen molar-refractivity contribution < 1.29 is 14.5 Å². The van der Waals surface area contributed by atoms with Crippen LogP contribution in [0.3, 0.4) is 0 Å². The Hall–Kier alpha value is -4.31. The number of hydrazone groups is 1. The Labute approximate surface area is 203 Å². The van der Waals surface area contributed by atoms with Crippen LogP contribution in [-0.2, 0) is 6.54 Å². The van der Waals surface area contributed by atoms with Crippen molar-refractivity contribution in [3.63, 3.8) is 0 Å². The van der Waals surface area contributed by atoms with Gasteiger partial charge in [-0.1, -0.05) is 58.4 Å². The molecule has 0 saturated carbocycles. The molecule has 4 aromatic rings. The van der Waals surface area contributed by atoms with E-state index in [0.29, 0.717) is 17.1 Å². The first-order chi connectivity index (χ1) is 16.5. The standard InChI is InChI=1S/C24H18BrN5O4/c25-19-8-4-7-18(12-19)15-29-16-22(30(32)33)23(28-29)24(31)27-26-14-17-6-5-11-21(13-17)34-20-9-2-1-3-10-20/h1-14,16H,15H2,(H,27,31)/b26-14+. The number of para-hydroxylation sites is 1. The van der Waals surface area contributed by atoms with Crippen LogP contribution in [0.25, 0.3) is 0 Å². The number of nitro groups is 1. The van der Waals surface area contributed by atoms with Crippen LogP contribution in [0, 0.1) is 10.1 Å². The molecule has 1 aromatic heterocycles. The van der Waals surface area contributed by atoms with Crippen molar-refractivity contribution in [2.75, 3.05) is 0 Å². The minimum atomic E-state index is -0.785. The second kappa shape index (κ2) is 10.5. The predicted molar refractivity (Wildman–Crippen MR) is 130 cm³/mol. The zero-order valence-corrected chi connectivity index (χ0v) is 19.3. The van der Waals surface area contributed by atoms with Crippen molar-refractivity contribution >= 4 is 33.7 Å². The second-order valence-corrected chi connectivity index (χ2v) is 8.05. The third-order valence-corrected chi connectivity index (χ3v) is 5.10. The molecular formula is C24H18BrN5O4. The van der Waals surface area contributed by atoms with Crippen LogP contribution in [0.1, 0.15) is 21.6 Å². The van der Waals surface area contributed by atoms with E-state index < -0.39 is 16.5 Å². The Morgan fingerprint density at radius 2 is 1.85 bits per heavy atom. The van der Waals surface area contributed by atoms with E-state index >= 15 is 0 Å². The summed E-state index contributed by atoms with van der Waals surface area (Å²) in [5.41, 5.74) is 3.12. The fourth-order valence-corrected chi connectivity index (χ4v) is 3.56. The Morgan fingerprint density at radius 3 is 2.62 bits per heavy atom. The Balaban J connectivity index is 1.44. The van der Waals surface area contributed by atoms with Crippen LogP contribution < -0.4 is 10.2 Å². The molecule has 4 rings (SSSR count). The van der Waals surface area contributed by atoms with Gasteiger partial charge in [-0.15, -0.1) is 0 Å². The average molecular weight is 520 g/mol. The molecule has 0 saturated heterocycles. The molecule has 0 fully saturated rings. The molecule has 0 aliphatic rings. The molecule has 9 nitrogen and oxygen atoms in total. The van der Waals surface area contributed by atoms with E-state index in [2.05, 4.69) is 31.6 Å². The molecule has 0 atom stereocenters.